The van der Waals surface area contributed by atoms with Gasteiger partial charge < -0.3 is 10.4 Å². The summed E-state index contributed by atoms with van der Waals surface area (Å²) in [7, 11) is 2.61. The van der Waals surface area contributed by atoms with Gasteiger partial charge in [-0.1, -0.05) is 64.4 Å². The molecule has 0 amide bonds. The predicted octanol–water partition coefficient (Wildman–Crippen LogP) is 4.05. The van der Waals surface area contributed by atoms with Crippen LogP contribution in [0, 0.1) is 6.92 Å². The first-order valence-electron chi connectivity index (χ1n) is 7.81. The molecule has 0 spiro atoms. The van der Waals surface area contributed by atoms with Crippen LogP contribution in [0.1, 0.15) is 37.0 Å². The van der Waals surface area contributed by atoms with Crippen LogP contribution >= 0.6 is 8.58 Å². The van der Waals surface area contributed by atoms with E-state index in [1.165, 1.54) is 16.4 Å². The number of para-hydroxylation sites is 1. The van der Waals surface area contributed by atoms with Gasteiger partial charge >= 0.3 is 0 Å². The van der Waals surface area contributed by atoms with Crippen LogP contribution in [0.3, 0.4) is 0 Å². The first kappa shape index (κ1) is 17.0. The summed E-state index contributed by atoms with van der Waals surface area (Å²) in [6.07, 6.45) is 0.996. The van der Waals surface area contributed by atoms with Gasteiger partial charge in [-0.05, 0) is 37.3 Å². The van der Waals surface area contributed by atoms with Gasteiger partial charge in [-0.2, -0.15) is 0 Å². The van der Waals surface area contributed by atoms with Crippen molar-refractivity contribution in [3.8, 4) is 5.75 Å². The molecule has 2 unspecified atom stereocenters. The van der Waals surface area contributed by atoms with E-state index in [9.17, 15) is 5.11 Å². The quantitative estimate of drug-likeness (QED) is 0.788. The zero-order valence-electron chi connectivity index (χ0n) is 13.9. The van der Waals surface area contributed by atoms with E-state index in [0.29, 0.717) is 14.3 Å². The van der Waals surface area contributed by atoms with Crippen LogP contribution in [0.4, 0.5) is 0 Å². The van der Waals surface area contributed by atoms with Crippen molar-refractivity contribution in [1.29, 1.82) is 0 Å². The molecule has 0 heterocycles. The smallest absolute Gasteiger partial charge is 0.119 e. The Morgan fingerprint density at radius 3 is 2.55 bits per heavy atom. The maximum absolute atomic E-state index is 10.3. The molecule has 118 valence electrons. The number of aryl methyl sites for hydroxylation is 1. The molecule has 2 rings (SSSR count). The van der Waals surface area contributed by atoms with E-state index in [2.05, 4.69) is 50.4 Å². The van der Waals surface area contributed by atoms with Crippen molar-refractivity contribution in [2.45, 2.75) is 38.9 Å². The highest BCUT2D eigenvalue weighted by molar-refractivity contribution is 7.48. The molecule has 0 bridgehead atoms. The Morgan fingerprint density at radius 2 is 1.91 bits per heavy atom. The fraction of sp³-hybridized carbons (Fsp3) is 0.368. The number of nitrogens with one attached hydrogen (secondary N) is 1. The average molecular weight is 315 g/mol. The highest BCUT2D eigenvalue weighted by Crippen LogP contribution is 2.47. The SMILES string of the molecule is CCC(C)(Pc1ccc(C)cc1CNC)c1ccccc1O. The average Bonchev–Trinajstić information content (AvgIpc) is 2.50. The van der Waals surface area contributed by atoms with Crippen LogP contribution in [0.15, 0.2) is 42.5 Å². The van der Waals surface area contributed by atoms with Gasteiger partial charge in [-0.15, -0.1) is 0 Å². The molecule has 0 aliphatic heterocycles. The summed E-state index contributed by atoms with van der Waals surface area (Å²) >= 11 is 0. The Balaban J connectivity index is 2.40. The Kier molecular flexibility index (Phi) is 5.61. The van der Waals surface area contributed by atoms with Crippen molar-refractivity contribution < 1.29 is 5.11 Å². The Hall–Kier alpha value is -1.37. The third-order valence-electron chi connectivity index (χ3n) is 4.24. The number of phenolic OH excluding ortho intramolecular Hbond substituents is 1. The molecule has 0 saturated heterocycles. The summed E-state index contributed by atoms with van der Waals surface area (Å²) in [6, 6.07) is 14.4. The standard InChI is InChI=1S/C19H26NOP/c1-5-19(3,16-8-6-7-9-17(16)21)22-18-11-10-14(2)12-15(18)13-20-4/h6-12,20-22H,5,13H2,1-4H3. The number of phenols is 1. The number of hydrogen-bond donors (Lipinski definition) is 2. The van der Waals surface area contributed by atoms with Gasteiger partial charge in [0.2, 0.25) is 0 Å². The second-order valence-electron chi connectivity index (χ2n) is 6.02. The van der Waals surface area contributed by atoms with E-state index >= 15 is 0 Å². The lowest BCUT2D eigenvalue weighted by Gasteiger charge is -2.31. The van der Waals surface area contributed by atoms with Gasteiger partial charge in [0.15, 0.2) is 0 Å². The fourth-order valence-electron chi connectivity index (χ4n) is 2.76. The highest BCUT2D eigenvalue weighted by atomic mass is 31.1. The molecule has 2 N–H and O–H groups in total. The lowest BCUT2D eigenvalue weighted by atomic mass is 9.96. The van der Waals surface area contributed by atoms with E-state index in [-0.39, 0.29) is 5.16 Å². The van der Waals surface area contributed by atoms with E-state index < -0.39 is 0 Å². The van der Waals surface area contributed by atoms with E-state index in [4.69, 9.17) is 0 Å². The maximum Gasteiger partial charge on any atom is 0.119 e. The van der Waals surface area contributed by atoms with Crippen LogP contribution in [-0.4, -0.2) is 12.2 Å². The molecule has 0 radical (unpaired) electrons. The second-order valence-corrected chi connectivity index (χ2v) is 7.91. The first-order valence-corrected chi connectivity index (χ1v) is 8.81. The number of aromatic hydroxyl groups is 1. The number of hydrogen-bond acceptors (Lipinski definition) is 2. The van der Waals surface area contributed by atoms with E-state index in [1.807, 2.05) is 19.2 Å². The van der Waals surface area contributed by atoms with Crippen LogP contribution in [0.2, 0.25) is 0 Å². The molecule has 2 atom stereocenters. The summed E-state index contributed by atoms with van der Waals surface area (Å²) in [6.45, 7) is 7.47. The van der Waals surface area contributed by atoms with Crippen molar-refractivity contribution in [2.24, 2.45) is 0 Å². The highest BCUT2D eigenvalue weighted by Gasteiger charge is 2.28. The van der Waals surface area contributed by atoms with Gasteiger partial charge in [0.1, 0.15) is 5.75 Å². The Bertz CT molecular complexity index is 641. The summed E-state index contributed by atoms with van der Waals surface area (Å²) in [5.41, 5.74) is 3.70. The van der Waals surface area contributed by atoms with Crippen molar-refractivity contribution in [3.63, 3.8) is 0 Å². The summed E-state index contributed by atoms with van der Waals surface area (Å²) in [4.78, 5) is 0. The van der Waals surface area contributed by atoms with Gasteiger partial charge in [0.05, 0.1) is 0 Å². The lowest BCUT2D eigenvalue weighted by Crippen LogP contribution is -2.22. The van der Waals surface area contributed by atoms with Crippen LogP contribution in [0.25, 0.3) is 0 Å². The maximum atomic E-state index is 10.3. The van der Waals surface area contributed by atoms with Crippen LogP contribution < -0.4 is 10.6 Å². The summed E-state index contributed by atoms with van der Waals surface area (Å²) in [5.74, 6) is 0.404. The lowest BCUT2D eigenvalue weighted by molar-refractivity contribution is 0.457. The Morgan fingerprint density at radius 1 is 1.18 bits per heavy atom. The zero-order valence-corrected chi connectivity index (χ0v) is 14.9. The molecule has 2 aromatic carbocycles. The van der Waals surface area contributed by atoms with Crippen molar-refractivity contribution in [1.82, 2.24) is 5.32 Å². The largest absolute Gasteiger partial charge is 0.508 e. The molecule has 0 aliphatic rings. The van der Waals surface area contributed by atoms with Gasteiger partial charge in [0.25, 0.3) is 0 Å². The van der Waals surface area contributed by atoms with E-state index in [0.717, 1.165) is 18.5 Å². The van der Waals surface area contributed by atoms with Gasteiger partial charge in [-0.25, -0.2) is 0 Å². The third-order valence-corrected chi connectivity index (χ3v) is 6.18. The Labute approximate surface area is 135 Å². The molecular weight excluding hydrogens is 289 g/mol. The van der Waals surface area contributed by atoms with Crippen molar-refractivity contribution in [2.75, 3.05) is 7.05 Å². The molecule has 3 heteroatoms. The van der Waals surface area contributed by atoms with Gasteiger partial charge in [-0.3, -0.25) is 0 Å². The van der Waals surface area contributed by atoms with Crippen molar-refractivity contribution >= 4 is 13.9 Å². The number of rotatable bonds is 6. The minimum atomic E-state index is -0.0386. The minimum absolute atomic E-state index is 0.0386. The topological polar surface area (TPSA) is 32.3 Å². The summed E-state index contributed by atoms with van der Waals surface area (Å²) in [5, 5.41) is 14.9. The second kappa shape index (κ2) is 7.26. The monoisotopic (exact) mass is 315 g/mol. The van der Waals surface area contributed by atoms with Gasteiger partial charge in [0, 0.05) is 17.3 Å². The van der Waals surface area contributed by atoms with Crippen LogP contribution in [-0.2, 0) is 11.7 Å². The molecule has 22 heavy (non-hydrogen) atoms. The van der Waals surface area contributed by atoms with Crippen molar-refractivity contribution in [3.05, 3.63) is 59.2 Å². The minimum Gasteiger partial charge on any atom is -0.508 e. The fourth-order valence-corrected chi connectivity index (χ4v) is 4.37. The normalized spacial score (nSPS) is 14.4. The first-order chi connectivity index (χ1) is 10.5. The molecule has 2 aromatic rings. The summed E-state index contributed by atoms with van der Waals surface area (Å²) < 4.78 is 0. The molecule has 2 nitrogen and oxygen atoms in total. The molecule has 0 aromatic heterocycles. The molecule has 0 fully saturated rings. The zero-order chi connectivity index (χ0) is 16.2. The predicted molar refractivity (Wildman–Crippen MR) is 97.6 cm³/mol. The molecule has 0 aliphatic carbocycles. The van der Waals surface area contributed by atoms with Crippen LogP contribution in [0.5, 0.6) is 5.75 Å². The third kappa shape index (κ3) is 3.69. The number of benzene rings is 2. The molecular formula is C19H26NOP. The molecule has 0 saturated carbocycles. The van der Waals surface area contributed by atoms with E-state index in [1.54, 1.807) is 6.07 Å².